The van der Waals surface area contributed by atoms with Crippen LogP contribution in [0, 0.1) is 5.92 Å². The first-order valence-electron chi connectivity index (χ1n) is 5.13. The van der Waals surface area contributed by atoms with Crippen molar-refractivity contribution in [3.8, 4) is 0 Å². The van der Waals surface area contributed by atoms with Gasteiger partial charge in [0, 0.05) is 18.1 Å². The van der Waals surface area contributed by atoms with Gasteiger partial charge in [-0.25, -0.2) is 4.79 Å². The van der Waals surface area contributed by atoms with Crippen molar-refractivity contribution in [3.63, 3.8) is 0 Å². The summed E-state index contributed by atoms with van der Waals surface area (Å²) < 4.78 is 5.04. The predicted molar refractivity (Wildman–Crippen MR) is 57.5 cm³/mol. The molecule has 0 aromatic heterocycles. The molecule has 0 saturated carbocycles. The van der Waals surface area contributed by atoms with E-state index in [9.17, 15) is 9.59 Å². The summed E-state index contributed by atoms with van der Waals surface area (Å²) in [5, 5.41) is 0. The first-order chi connectivity index (χ1) is 7.13. The molecule has 2 fully saturated rings. The monoisotopic (exact) mass is 229 g/mol. The van der Waals surface area contributed by atoms with Crippen molar-refractivity contribution in [2.45, 2.75) is 25.5 Å². The van der Waals surface area contributed by atoms with Gasteiger partial charge in [0.05, 0.1) is 6.54 Å². The zero-order valence-electron chi connectivity index (χ0n) is 8.93. The summed E-state index contributed by atoms with van der Waals surface area (Å²) in [4.78, 5) is 25.0. The lowest BCUT2D eigenvalue weighted by Gasteiger charge is -2.28. The smallest absolute Gasteiger partial charge is 0.329 e. The molecule has 0 aliphatic carbocycles. The van der Waals surface area contributed by atoms with E-state index in [1.807, 2.05) is 13.2 Å². The van der Waals surface area contributed by atoms with Crippen LogP contribution in [0.15, 0.2) is 0 Å². The number of carbonyl (C=O) groups excluding carboxylic acids is 2. The van der Waals surface area contributed by atoms with E-state index in [1.54, 1.807) is 16.7 Å². The summed E-state index contributed by atoms with van der Waals surface area (Å²) in [5.41, 5.74) is 0. The first-order valence-corrected chi connectivity index (χ1v) is 6.52. The number of hydrogen-bond acceptors (Lipinski definition) is 4. The average Bonchev–Trinajstić information content (AvgIpc) is 2.75. The number of hydrogen-bond donors (Lipinski definition) is 0. The third kappa shape index (κ3) is 1.85. The summed E-state index contributed by atoms with van der Waals surface area (Å²) in [6.45, 7) is 2.50. The highest BCUT2D eigenvalue weighted by atomic mass is 32.2. The normalized spacial score (nSPS) is 30.5. The van der Waals surface area contributed by atoms with E-state index in [-0.39, 0.29) is 29.9 Å². The number of rotatable bonds is 3. The lowest BCUT2D eigenvalue weighted by molar-refractivity contribution is -0.158. The van der Waals surface area contributed by atoms with Crippen LogP contribution in [0.5, 0.6) is 0 Å². The summed E-state index contributed by atoms with van der Waals surface area (Å²) in [5.74, 6) is 0.665. The van der Waals surface area contributed by atoms with Gasteiger partial charge in [0.1, 0.15) is 12.1 Å². The molecule has 0 spiro atoms. The predicted octanol–water partition coefficient (Wildman–Crippen LogP) is 0.512. The number of esters is 1. The van der Waals surface area contributed by atoms with Gasteiger partial charge in [0.25, 0.3) is 0 Å². The number of thioether (sulfide) groups is 1. The highest BCUT2D eigenvalue weighted by molar-refractivity contribution is 7.98. The number of fused-ring (bicyclic) bond motifs is 2. The average molecular weight is 229 g/mol. The molecule has 0 radical (unpaired) electrons. The van der Waals surface area contributed by atoms with E-state index >= 15 is 0 Å². The van der Waals surface area contributed by atoms with Crippen LogP contribution in [-0.2, 0) is 14.3 Å². The van der Waals surface area contributed by atoms with E-state index < -0.39 is 0 Å². The minimum Gasteiger partial charge on any atom is -0.459 e. The number of carbonyl (C=O) groups is 2. The fourth-order valence-electron chi connectivity index (χ4n) is 2.20. The summed E-state index contributed by atoms with van der Waals surface area (Å²) >= 11 is 1.65. The SMILES string of the molecule is CSCC(C)C(=O)N1C[C@@H]2C[C@H]1C(=O)O2. The maximum atomic E-state index is 12.0. The van der Waals surface area contributed by atoms with Crippen molar-refractivity contribution >= 4 is 23.6 Å². The van der Waals surface area contributed by atoms with E-state index in [1.165, 1.54) is 0 Å². The summed E-state index contributed by atoms with van der Waals surface area (Å²) in [7, 11) is 0. The van der Waals surface area contributed by atoms with Gasteiger partial charge in [-0.05, 0) is 6.26 Å². The third-order valence-electron chi connectivity index (χ3n) is 2.94. The molecule has 0 aromatic rings. The van der Waals surface area contributed by atoms with Crippen molar-refractivity contribution in [2.75, 3.05) is 18.6 Å². The summed E-state index contributed by atoms with van der Waals surface area (Å²) in [6, 6.07) is -0.299. The van der Waals surface area contributed by atoms with Crippen LogP contribution in [-0.4, -0.2) is 47.5 Å². The molecule has 15 heavy (non-hydrogen) atoms. The lowest BCUT2D eigenvalue weighted by Crippen LogP contribution is -2.46. The molecule has 2 heterocycles. The Morgan fingerprint density at radius 2 is 2.47 bits per heavy atom. The number of nitrogens with zero attached hydrogens (tertiary/aromatic N) is 1. The van der Waals surface area contributed by atoms with E-state index in [0.29, 0.717) is 13.0 Å². The van der Waals surface area contributed by atoms with Gasteiger partial charge in [-0.1, -0.05) is 6.92 Å². The van der Waals surface area contributed by atoms with E-state index in [2.05, 4.69) is 0 Å². The Morgan fingerprint density at radius 1 is 1.73 bits per heavy atom. The zero-order chi connectivity index (χ0) is 11.0. The number of ether oxygens (including phenoxy) is 1. The zero-order valence-corrected chi connectivity index (χ0v) is 9.75. The first kappa shape index (κ1) is 10.8. The highest BCUT2D eigenvalue weighted by Gasteiger charge is 2.48. The van der Waals surface area contributed by atoms with Crippen LogP contribution in [0.25, 0.3) is 0 Å². The molecule has 2 saturated heterocycles. The second-order valence-corrected chi connectivity index (χ2v) is 5.07. The molecular weight excluding hydrogens is 214 g/mol. The number of amides is 1. The Labute approximate surface area is 93.3 Å². The van der Waals surface area contributed by atoms with Crippen LogP contribution in [0.3, 0.4) is 0 Å². The number of likely N-dealkylation sites (tertiary alicyclic amines) is 1. The largest absolute Gasteiger partial charge is 0.459 e. The fraction of sp³-hybridized carbons (Fsp3) is 0.800. The quantitative estimate of drug-likeness (QED) is 0.662. The standard InChI is InChI=1S/C10H15NO3S/c1-6(5-15-2)9(12)11-4-7-3-8(11)10(13)14-7/h6-8H,3-5H2,1-2H3/t6?,7-,8-/m0/s1. The molecule has 2 aliphatic heterocycles. The second-order valence-electron chi connectivity index (χ2n) is 4.16. The fourth-order valence-corrected chi connectivity index (χ4v) is 2.84. The maximum Gasteiger partial charge on any atom is 0.329 e. The highest BCUT2D eigenvalue weighted by Crippen LogP contribution is 2.30. The minimum absolute atomic E-state index is 0.00727. The van der Waals surface area contributed by atoms with Crippen LogP contribution < -0.4 is 0 Å². The number of morpholine rings is 1. The van der Waals surface area contributed by atoms with Crippen molar-refractivity contribution in [3.05, 3.63) is 0 Å². The van der Waals surface area contributed by atoms with Crippen molar-refractivity contribution in [2.24, 2.45) is 5.92 Å². The molecule has 0 aromatic carbocycles. The summed E-state index contributed by atoms with van der Waals surface area (Å²) in [6.07, 6.45) is 2.62. The van der Waals surface area contributed by atoms with Gasteiger partial charge in [-0.3, -0.25) is 4.79 Å². The molecule has 4 nitrogen and oxygen atoms in total. The molecule has 1 unspecified atom stereocenters. The van der Waals surface area contributed by atoms with Crippen molar-refractivity contribution in [1.29, 1.82) is 0 Å². The van der Waals surface area contributed by atoms with Crippen LogP contribution in [0.4, 0.5) is 0 Å². The van der Waals surface area contributed by atoms with Gasteiger partial charge < -0.3 is 9.64 Å². The van der Waals surface area contributed by atoms with Gasteiger partial charge >= 0.3 is 5.97 Å². The minimum atomic E-state index is -0.299. The van der Waals surface area contributed by atoms with Gasteiger partial charge in [0.2, 0.25) is 5.91 Å². The van der Waals surface area contributed by atoms with Gasteiger partial charge in [-0.2, -0.15) is 11.8 Å². The lowest BCUT2D eigenvalue weighted by atomic mass is 10.1. The Hall–Kier alpha value is -0.710. The third-order valence-corrected chi connectivity index (χ3v) is 3.77. The Kier molecular flexibility index (Phi) is 2.91. The second kappa shape index (κ2) is 4.04. The molecule has 2 rings (SSSR count). The van der Waals surface area contributed by atoms with Crippen molar-refractivity contribution in [1.82, 2.24) is 4.90 Å². The van der Waals surface area contributed by atoms with Gasteiger partial charge in [0.15, 0.2) is 0 Å². The van der Waals surface area contributed by atoms with E-state index in [4.69, 9.17) is 4.74 Å². The topological polar surface area (TPSA) is 46.6 Å². The van der Waals surface area contributed by atoms with Gasteiger partial charge in [-0.15, -0.1) is 0 Å². The maximum absolute atomic E-state index is 12.0. The molecule has 3 atom stereocenters. The van der Waals surface area contributed by atoms with Crippen LogP contribution in [0.2, 0.25) is 0 Å². The molecule has 1 amide bonds. The molecule has 0 N–H and O–H groups in total. The molecule has 2 bridgehead atoms. The van der Waals surface area contributed by atoms with Crippen molar-refractivity contribution < 1.29 is 14.3 Å². The molecule has 2 aliphatic rings. The Balaban J connectivity index is 2.00. The molecule has 84 valence electrons. The van der Waals surface area contributed by atoms with Crippen LogP contribution in [0.1, 0.15) is 13.3 Å². The molecule has 5 heteroatoms. The molecular formula is C10H15NO3S. The Morgan fingerprint density at radius 3 is 3.00 bits per heavy atom. The Bertz CT molecular complexity index is 294. The van der Waals surface area contributed by atoms with E-state index in [0.717, 1.165) is 5.75 Å². The van der Waals surface area contributed by atoms with Crippen LogP contribution >= 0.6 is 11.8 Å².